The zero-order valence-electron chi connectivity index (χ0n) is 18.8. The Balaban J connectivity index is 1.59. The Morgan fingerprint density at radius 1 is 1.06 bits per heavy atom. The SMILES string of the molecule is CC(C)C(=O)N1CCc2ccc(OCC(=O)Nc3ccccc3)cc2[C@@H]1c1cccc(F)c1. The van der Waals surface area contributed by atoms with Crippen LogP contribution in [-0.4, -0.2) is 29.9 Å². The van der Waals surface area contributed by atoms with Crippen molar-refractivity contribution in [1.29, 1.82) is 0 Å². The van der Waals surface area contributed by atoms with Crippen LogP contribution in [0.25, 0.3) is 0 Å². The van der Waals surface area contributed by atoms with Crippen molar-refractivity contribution in [2.24, 2.45) is 5.92 Å². The number of benzene rings is 3. The summed E-state index contributed by atoms with van der Waals surface area (Å²) >= 11 is 0. The number of anilines is 1. The molecule has 1 N–H and O–H groups in total. The summed E-state index contributed by atoms with van der Waals surface area (Å²) in [6, 6.07) is 20.8. The highest BCUT2D eigenvalue weighted by atomic mass is 19.1. The number of fused-ring (bicyclic) bond motifs is 1. The zero-order valence-corrected chi connectivity index (χ0v) is 18.8. The van der Waals surface area contributed by atoms with Crippen molar-refractivity contribution in [2.75, 3.05) is 18.5 Å². The summed E-state index contributed by atoms with van der Waals surface area (Å²) in [4.78, 5) is 27.1. The molecule has 2 amide bonds. The van der Waals surface area contributed by atoms with Crippen LogP contribution in [0.1, 0.15) is 36.6 Å². The summed E-state index contributed by atoms with van der Waals surface area (Å²) in [5.41, 5.74) is 3.38. The maximum Gasteiger partial charge on any atom is 0.262 e. The highest BCUT2D eigenvalue weighted by Crippen LogP contribution is 2.38. The topological polar surface area (TPSA) is 58.6 Å². The fourth-order valence-corrected chi connectivity index (χ4v) is 4.16. The van der Waals surface area contributed by atoms with Crippen molar-refractivity contribution in [3.8, 4) is 5.75 Å². The van der Waals surface area contributed by atoms with Gasteiger partial charge in [-0.25, -0.2) is 4.39 Å². The Kier molecular flexibility index (Phi) is 6.73. The molecule has 0 spiro atoms. The lowest BCUT2D eigenvalue weighted by atomic mass is 9.87. The van der Waals surface area contributed by atoms with Gasteiger partial charge in [0.15, 0.2) is 6.61 Å². The summed E-state index contributed by atoms with van der Waals surface area (Å²) < 4.78 is 19.8. The van der Waals surface area contributed by atoms with Crippen molar-refractivity contribution in [1.82, 2.24) is 4.90 Å². The third kappa shape index (κ3) is 5.22. The number of para-hydroxylation sites is 1. The second-order valence-corrected chi connectivity index (χ2v) is 8.46. The molecule has 0 bridgehead atoms. The zero-order chi connectivity index (χ0) is 23.4. The van der Waals surface area contributed by atoms with Crippen LogP contribution in [0.3, 0.4) is 0 Å². The molecule has 5 nitrogen and oxygen atoms in total. The average molecular weight is 447 g/mol. The summed E-state index contributed by atoms with van der Waals surface area (Å²) in [5.74, 6) is -0.247. The average Bonchev–Trinajstić information content (AvgIpc) is 2.82. The molecule has 0 fully saturated rings. The minimum Gasteiger partial charge on any atom is -0.484 e. The second-order valence-electron chi connectivity index (χ2n) is 8.46. The molecule has 1 heterocycles. The van der Waals surface area contributed by atoms with E-state index in [1.165, 1.54) is 12.1 Å². The van der Waals surface area contributed by atoms with Crippen LogP contribution in [-0.2, 0) is 16.0 Å². The Labute approximate surface area is 193 Å². The molecule has 0 unspecified atom stereocenters. The molecule has 1 aliphatic rings. The van der Waals surface area contributed by atoms with Gasteiger partial charge in [-0.2, -0.15) is 0 Å². The molecular formula is C27H27FN2O3. The van der Waals surface area contributed by atoms with E-state index in [1.54, 1.807) is 18.2 Å². The first-order valence-corrected chi connectivity index (χ1v) is 11.1. The predicted octanol–water partition coefficient (Wildman–Crippen LogP) is 4.97. The van der Waals surface area contributed by atoms with E-state index >= 15 is 0 Å². The number of carbonyl (C=O) groups is 2. The minimum absolute atomic E-state index is 0.0171. The fourth-order valence-electron chi connectivity index (χ4n) is 4.16. The first-order valence-electron chi connectivity index (χ1n) is 11.1. The highest BCUT2D eigenvalue weighted by molar-refractivity contribution is 5.91. The van der Waals surface area contributed by atoms with Gasteiger partial charge in [0, 0.05) is 18.2 Å². The molecule has 1 atom stereocenters. The Morgan fingerprint density at radius 3 is 2.58 bits per heavy atom. The molecule has 0 saturated heterocycles. The molecule has 0 radical (unpaired) electrons. The van der Waals surface area contributed by atoms with Crippen LogP contribution in [0, 0.1) is 11.7 Å². The number of ether oxygens (including phenoxy) is 1. The van der Waals surface area contributed by atoms with Gasteiger partial charge in [-0.05, 0) is 59.5 Å². The third-order valence-corrected chi connectivity index (χ3v) is 5.71. The van der Waals surface area contributed by atoms with Crippen LogP contribution in [0.5, 0.6) is 5.75 Å². The Hall–Kier alpha value is -3.67. The molecule has 6 heteroatoms. The number of hydrogen-bond acceptors (Lipinski definition) is 3. The smallest absolute Gasteiger partial charge is 0.262 e. The molecule has 0 saturated carbocycles. The van der Waals surface area contributed by atoms with Gasteiger partial charge in [-0.1, -0.05) is 50.2 Å². The molecular weight excluding hydrogens is 419 g/mol. The molecule has 1 aliphatic heterocycles. The fraction of sp³-hybridized carbons (Fsp3) is 0.259. The summed E-state index contributed by atoms with van der Waals surface area (Å²) in [6.45, 7) is 4.15. The van der Waals surface area contributed by atoms with Crippen LogP contribution in [0.2, 0.25) is 0 Å². The molecule has 170 valence electrons. The number of halogens is 1. The van der Waals surface area contributed by atoms with Gasteiger partial charge in [0.2, 0.25) is 5.91 Å². The predicted molar refractivity (Wildman–Crippen MR) is 126 cm³/mol. The van der Waals surface area contributed by atoms with Gasteiger partial charge in [0.25, 0.3) is 5.91 Å². The standard InChI is InChI=1S/C27H27FN2O3/c1-18(2)27(32)30-14-13-19-11-12-23(33-17-25(31)29-22-9-4-3-5-10-22)16-24(19)26(30)20-7-6-8-21(28)15-20/h3-12,15-16,18,26H,13-14,17H2,1-2H3,(H,29,31)/t26-/m0/s1. The highest BCUT2D eigenvalue weighted by Gasteiger charge is 2.33. The van der Waals surface area contributed by atoms with Crippen LogP contribution < -0.4 is 10.1 Å². The van der Waals surface area contributed by atoms with Gasteiger partial charge < -0.3 is 15.0 Å². The number of carbonyl (C=O) groups excluding carboxylic acids is 2. The van der Waals surface area contributed by atoms with Gasteiger partial charge in [-0.3, -0.25) is 9.59 Å². The summed E-state index contributed by atoms with van der Waals surface area (Å²) in [6.07, 6.45) is 0.703. The van der Waals surface area contributed by atoms with E-state index in [2.05, 4.69) is 5.32 Å². The first-order chi connectivity index (χ1) is 15.9. The van der Waals surface area contributed by atoms with Crippen molar-refractivity contribution >= 4 is 17.5 Å². The Morgan fingerprint density at radius 2 is 1.85 bits per heavy atom. The lowest BCUT2D eigenvalue weighted by Gasteiger charge is -2.39. The van der Waals surface area contributed by atoms with E-state index < -0.39 is 6.04 Å². The lowest BCUT2D eigenvalue weighted by molar-refractivity contribution is -0.136. The first kappa shape index (κ1) is 22.5. The lowest BCUT2D eigenvalue weighted by Crippen LogP contribution is -2.42. The second kappa shape index (κ2) is 9.86. The maximum absolute atomic E-state index is 14.1. The molecule has 3 aromatic carbocycles. The number of nitrogens with one attached hydrogen (secondary N) is 1. The van der Waals surface area contributed by atoms with Crippen molar-refractivity contribution in [3.63, 3.8) is 0 Å². The monoisotopic (exact) mass is 446 g/mol. The van der Waals surface area contributed by atoms with Gasteiger partial charge in [-0.15, -0.1) is 0 Å². The normalized spacial score (nSPS) is 15.2. The number of nitrogens with zero attached hydrogens (tertiary/aromatic N) is 1. The quantitative estimate of drug-likeness (QED) is 0.581. The molecule has 4 rings (SSSR count). The summed E-state index contributed by atoms with van der Waals surface area (Å²) in [7, 11) is 0. The van der Waals surface area contributed by atoms with E-state index in [1.807, 2.05) is 61.2 Å². The van der Waals surface area contributed by atoms with E-state index in [0.29, 0.717) is 30.0 Å². The van der Waals surface area contributed by atoms with Crippen LogP contribution in [0.4, 0.5) is 10.1 Å². The largest absolute Gasteiger partial charge is 0.484 e. The molecule has 3 aromatic rings. The molecule has 33 heavy (non-hydrogen) atoms. The van der Waals surface area contributed by atoms with Gasteiger partial charge in [0.05, 0.1) is 6.04 Å². The van der Waals surface area contributed by atoms with Gasteiger partial charge >= 0.3 is 0 Å². The van der Waals surface area contributed by atoms with E-state index in [-0.39, 0.29) is 30.2 Å². The minimum atomic E-state index is -0.416. The van der Waals surface area contributed by atoms with Crippen molar-refractivity contribution < 1.29 is 18.7 Å². The number of rotatable bonds is 6. The molecule has 0 aliphatic carbocycles. The third-order valence-electron chi connectivity index (χ3n) is 5.71. The van der Waals surface area contributed by atoms with Gasteiger partial charge in [0.1, 0.15) is 11.6 Å². The van der Waals surface area contributed by atoms with E-state index in [0.717, 1.165) is 11.1 Å². The van der Waals surface area contributed by atoms with E-state index in [9.17, 15) is 14.0 Å². The Bertz CT molecular complexity index is 1150. The van der Waals surface area contributed by atoms with Crippen LogP contribution in [0.15, 0.2) is 72.8 Å². The number of hydrogen-bond donors (Lipinski definition) is 1. The summed E-state index contributed by atoms with van der Waals surface area (Å²) in [5, 5.41) is 2.79. The van der Waals surface area contributed by atoms with Crippen molar-refractivity contribution in [2.45, 2.75) is 26.3 Å². The van der Waals surface area contributed by atoms with Crippen LogP contribution >= 0.6 is 0 Å². The van der Waals surface area contributed by atoms with E-state index in [4.69, 9.17) is 4.74 Å². The van der Waals surface area contributed by atoms with Crippen molar-refractivity contribution in [3.05, 3.63) is 95.3 Å². The maximum atomic E-state index is 14.1. The number of amides is 2. The molecule has 0 aromatic heterocycles.